The zero-order chi connectivity index (χ0) is 31.5. The largest absolute Gasteiger partial charge is 0.472 e. The van der Waals surface area contributed by atoms with Crippen molar-refractivity contribution in [1.82, 2.24) is 4.98 Å². The van der Waals surface area contributed by atoms with Crippen molar-refractivity contribution in [2.24, 2.45) is 22.2 Å². The number of cyclic esters (lactones) is 1. The zero-order valence-corrected chi connectivity index (χ0v) is 26.6. The highest BCUT2D eigenvalue weighted by molar-refractivity contribution is 7.09. The lowest BCUT2D eigenvalue weighted by Crippen LogP contribution is -2.46. The van der Waals surface area contributed by atoms with E-state index in [9.17, 15) is 24.2 Å². The number of aryl methyl sites for hydroxylation is 1. The monoisotopic (exact) mass is 614 g/mol. The van der Waals surface area contributed by atoms with Gasteiger partial charge < -0.3 is 19.7 Å². The van der Waals surface area contributed by atoms with Crippen LogP contribution in [0.5, 0.6) is 0 Å². The molecule has 4 rings (SSSR count). The fraction of sp³-hybridized carbons (Fsp3) is 0.576. The number of ketones is 1. The summed E-state index contributed by atoms with van der Waals surface area (Å²) in [4.78, 5) is 36.1. The Balaban J connectivity index is 1.67. The third-order valence-corrected chi connectivity index (χ3v) is 9.59. The molecule has 1 aromatic carbocycles. The Kier molecular flexibility index (Phi) is 10.6. The first kappa shape index (κ1) is 33.0. The molecule has 3 heterocycles. The number of hydrogen-bond donors (Lipinski definition) is 2. The Morgan fingerprint density at radius 2 is 1.81 bits per heavy atom. The summed E-state index contributed by atoms with van der Waals surface area (Å²) in [7, 11) is 0. The van der Waals surface area contributed by atoms with Crippen molar-refractivity contribution in [1.29, 1.82) is 0 Å². The highest BCUT2D eigenvalue weighted by Gasteiger charge is 2.43. The number of halogens is 1. The van der Waals surface area contributed by atoms with Crippen molar-refractivity contribution in [3.63, 3.8) is 0 Å². The van der Waals surface area contributed by atoms with Crippen LogP contribution in [0.25, 0.3) is 6.08 Å². The number of ether oxygens (including phenoxy) is 2. The van der Waals surface area contributed by atoms with E-state index < -0.39 is 41.7 Å². The van der Waals surface area contributed by atoms with E-state index in [0.717, 1.165) is 16.3 Å². The number of carbonyl (C=O) groups is 2. The maximum Gasteiger partial charge on any atom is 0.309 e. The number of fused-ring (bicyclic) bond motifs is 1. The van der Waals surface area contributed by atoms with Gasteiger partial charge in [-0.05, 0) is 68.5 Å². The van der Waals surface area contributed by atoms with Crippen LogP contribution in [0.1, 0.15) is 83.0 Å². The van der Waals surface area contributed by atoms with Gasteiger partial charge >= 0.3 is 5.97 Å². The molecule has 2 N–H and O–H groups in total. The second-order valence-corrected chi connectivity index (χ2v) is 13.6. The smallest absolute Gasteiger partial charge is 0.309 e. The number of aliphatic hydroxyl groups excluding tert-OH is 2. The van der Waals surface area contributed by atoms with Crippen molar-refractivity contribution >= 4 is 35.1 Å². The number of esters is 1. The molecule has 2 aromatic rings. The summed E-state index contributed by atoms with van der Waals surface area (Å²) < 4.78 is 26.0. The van der Waals surface area contributed by atoms with Crippen LogP contribution >= 0.6 is 11.3 Å². The first-order valence-electron chi connectivity index (χ1n) is 15.0. The van der Waals surface area contributed by atoms with E-state index in [4.69, 9.17) is 14.5 Å². The summed E-state index contributed by atoms with van der Waals surface area (Å²) in [5, 5.41) is 24.9. The third-order valence-electron chi connectivity index (χ3n) is 8.80. The minimum atomic E-state index is -1.31. The standard InChI is InChI=1S/C33H43FN2O6S/c1-18-8-7-9-25-27(42-32(36-25)22-10-12-23(34)13-11-22)15-26(19(2)14-24-17-43-21(4)35-24)41-29(38)16-28(37)33(5,6)31(40)20(3)30(18)39/h10-14,17-18,20,25-28,30,37,39H,7-9,15-16H2,1-6H3/b19-14+/t18-,20+,25?,26-,27-,28-,30-/m0/s1. The van der Waals surface area contributed by atoms with E-state index in [1.807, 2.05) is 32.2 Å². The molecule has 234 valence electrons. The number of aromatic nitrogens is 1. The molecule has 43 heavy (non-hydrogen) atoms. The maximum absolute atomic E-state index is 13.6. The predicted molar refractivity (Wildman–Crippen MR) is 164 cm³/mol. The molecule has 1 unspecified atom stereocenters. The van der Waals surface area contributed by atoms with Gasteiger partial charge in [0.15, 0.2) is 0 Å². The van der Waals surface area contributed by atoms with Crippen LogP contribution < -0.4 is 0 Å². The Morgan fingerprint density at radius 3 is 2.47 bits per heavy atom. The number of thiazole rings is 1. The van der Waals surface area contributed by atoms with Gasteiger partial charge in [-0.15, -0.1) is 11.3 Å². The maximum atomic E-state index is 13.6. The molecule has 1 saturated heterocycles. The first-order valence-corrected chi connectivity index (χ1v) is 15.8. The average molecular weight is 615 g/mol. The first-order chi connectivity index (χ1) is 20.3. The van der Waals surface area contributed by atoms with E-state index in [-0.39, 0.29) is 30.0 Å². The molecule has 10 heteroatoms. The predicted octanol–water partition coefficient (Wildman–Crippen LogP) is 5.67. The lowest BCUT2D eigenvalue weighted by atomic mass is 9.73. The molecule has 2 aliphatic heterocycles. The van der Waals surface area contributed by atoms with Gasteiger partial charge in [0.25, 0.3) is 0 Å². The summed E-state index contributed by atoms with van der Waals surface area (Å²) in [5.41, 5.74) is 0.892. The van der Waals surface area contributed by atoms with Crippen LogP contribution in [0.2, 0.25) is 0 Å². The van der Waals surface area contributed by atoms with Crippen LogP contribution in [0.4, 0.5) is 4.39 Å². The molecule has 0 saturated carbocycles. The Labute approximate surface area is 257 Å². The normalized spacial score (nSPS) is 31.1. The molecule has 8 nitrogen and oxygen atoms in total. The summed E-state index contributed by atoms with van der Waals surface area (Å²) >= 11 is 1.52. The number of aliphatic imine (C=N–C) groups is 1. The number of rotatable bonds is 3. The highest BCUT2D eigenvalue weighted by atomic mass is 32.1. The van der Waals surface area contributed by atoms with Gasteiger partial charge in [0.1, 0.15) is 23.8 Å². The van der Waals surface area contributed by atoms with E-state index in [2.05, 4.69) is 4.98 Å². The van der Waals surface area contributed by atoms with Crippen molar-refractivity contribution in [3.05, 3.63) is 57.3 Å². The van der Waals surface area contributed by atoms with Crippen LogP contribution in [0, 0.1) is 30.0 Å². The topological polar surface area (TPSA) is 118 Å². The third kappa shape index (κ3) is 7.96. The summed E-state index contributed by atoms with van der Waals surface area (Å²) in [6, 6.07) is 5.69. The van der Waals surface area contributed by atoms with Gasteiger partial charge in [-0.1, -0.05) is 34.1 Å². The van der Waals surface area contributed by atoms with Crippen molar-refractivity contribution in [3.8, 4) is 0 Å². The minimum Gasteiger partial charge on any atom is -0.472 e. The Hall–Kier alpha value is -2.95. The van der Waals surface area contributed by atoms with E-state index in [0.29, 0.717) is 37.1 Å². The number of carbonyl (C=O) groups excluding carboxylic acids is 2. The molecule has 0 amide bonds. The molecule has 2 aliphatic rings. The van der Waals surface area contributed by atoms with Crippen LogP contribution in [0.15, 0.2) is 40.2 Å². The molecular weight excluding hydrogens is 571 g/mol. The summed E-state index contributed by atoms with van der Waals surface area (Å²) in [5.74, 6) is -1.81. The van der Waals surface area contributed by atoms with Crippen LogP contribution in [-0.4, -0.2) is 63.3 Å². The Morgan fingerprint density at radius 1 is 1.12 bits per heavy atom. The molecular formula is C33H43FN2O6S. The molecule has 7 atom stereocenters. The van der Waals surface area contributed by atoms with Gasteiger partial charge in [-0.3, -0.25) is 9.59 Å². The van der Waals surface area contributed by atoms with Crippen molar-refractivity contribution < 1.29 is 33.7 Å². The van der Waals surface area contributed by atoms with E-state index >= 15 is 0 Å². The lowest BCUT2D eigenvalue weighted by molar-refractivity contribution is -0.155. The number of Topliss-reactive ketones (excluding diaryl/α,β-unsaturated/α-hetero) is 1. The molecule has 0 aliphatic carbocycles. The minimum absolute atomic E-state index is 0.175. The molecule has 0 radical (unpaired) electrons. The van der Waals surface area contributed by atoms with Crippen molar-refractivity contribution in [2.45, 2.75) is 104 Å². The van der Waals surface area contributed by atoms with Crippen LogP contribution in [-0.2, 0) is 19.1 Å². The second kappa shape index (κ2) is 13.8. The van der Waals surface area contributed by atoms with Gasteiger partial charge in [-0.2, -0.15) is 0 Å². The number of hydrogen-bond acceptors (Lipinski definition) is 9. The molecule has 0 bridgehead atoms. The lowest BCUT2D eigenvalue weighted by Gasteiger charge is -2.34. The average Bonchev–Trinajstić information content (AvgIpc) is 3.56. The zero-order valence-electron chi connectivity index (χ0n) is 25.7. The second-order valence-electron chi connectivity index (χ2n) is 12.6. The van der Waals surface area contributed by atoms with Gasteiger partial charge in [0.2, 0.25) is 5.90 Å². The SMILES string of the molecule is C/C(=C\c1csc(C)n1)[C@@H]1C[C@@H]2OC(c3ccc(F)cc3)=NC2CCC[C@H](C)[C@H](O)[C@@H](C)C(=O)C(C)(C)[C@@H](O)CC(=O)O1. The summed E-state index contributed by atoms with van der Waals surface area (Å²) in [6.45, 7) is 10.6. The quantitative estimate of drug-likeness (QED) is 0.428. The van der Waals surface area contributed by atoms with Crippen LogP contribution in [0.3, 0.4) is 0 Å². The van der Waals surface area contributed by atoms with E-state index in [1.165, 1.54) is 23.5 Å². The van der Waals surface area contributed by atoms with Crippen molar-refractivity contribution in [2.75, 3.05) is 0 Å². The fourth-order valence-corrected chi connectivity index (χ4v) is 6.40. The highest BCUT2D eigenvalue weighted by Crippen LogP contribution is 2.34. The number of nitrogens with zero attached hydrogens (tertiary/aromatic N) is 2. The number of aliphatic hydroxyl groups is 2. The molecule has 0 spiro atoms. The molecule has 1 fully saturated rings. The van der Waals surface area contributed by atoms with E-state index in [1.54, 1.807) is 32.9 Å². The Bertz CT molecular complexity index is 1350. The van der Waals surface area contributed by atoms with Gasteiger partial charge in [0.05, 0.1) is 40.8 Å². The molecule has 1 aromatic heterocycles. The fourth-order valence-electron chi connectivity index (χ4n) is 5.83. The van der Waals surface area contributed by atoms with Gasteiger partial charge in [0, 0.05) is 23.3 Å². The number of benzene rings is 1. The van der Waals surface area contributed by atoms with Gasteiger partial charge in [-0.25, -0.2) is 14.4 Å². The summed E-state index contributed by atoms with van der Waals surface area (Å²) in [6.07, 6.45) is 0.456.